The smallest absolute Gasteiger partial charge is 0.323 e. The van der Waals surface area contributed by atoms with Gasteiger partial charge in [0.2, 0.25) is 0 Å². The number of fused-ring (bicyclic) bond motifs is 2. The van der Waals surface area contributed by atoms with Crippen LogP contribution < -0.4 is 0 Å². The number of nitrogens with zero attached hydrogens (tertiary/aromatic N) is 2. The molecular formula is C44H44N2O10. The predicted molar refractivity (Wildman–Crippen MR) is 205 cm³/mol. The van der Waals surface area contributed by atoms with Crippen molar-refractivity contribution in [2.24, 2.45) is 10.8 Å². The van der Waals surface area contributed by atoms with E-state index in [0.29, 0.717) is 80.1 Å². The number of ketones is 2. The van der Waals surface area contributed by atoms with E-state index in [2.05, 4.69) is 0 Å². The van der Waals surface area contributed by atoms with Crippen LogP contribution in [0.1, 0.15) is 81.8 Å². The van der Waals surface area contributed by atoms with E-state index in [1.807, 2.05) is 13.8 Å². The number of carbonyl (C=O) groups excluding carboxylic acids is 6. The normalized spacial score (nSPS) is 14.6. The van der Waals surface area contributed by atoms with Crippen molar-refractivity contribution in [3.05, 3.63) is 93.0 Å². The molecule has 12 heteroatoms. The van der Waals surface area contributed by atoms with Gasteiger partial charge in [0.1, 0.15) is 0 Å². The highest BCUT2D eigenvalue weighted by Gasteiger charge is 2.56. The summed E-state index contributed by atoms with van der Waals surface area (Å²) in [6, 6.07) is 14.1. The van der Waals surface area contributed by atoms with Crippen LogP contribution in [0.2, 0.25) is 0 Å². The Labute approximate surface area is 324 Å². The van der Waals surface area contributed by atoms with Gasteiger partial charge in [-0.15, -0.1) is 0 Å². The molecule has 0 saturated heterocycles. The van der Waals surface area contributed by atoms with E-state index >= 15 is 0 Å². The lowest BCUT2D eigenvalue weighted by atomic mass is 9.84. The zero-order valence-corrected chi connectivity index (χ0v) is 32.8. The minimum atomic E-state index is -1.73. The van der Waals surface area contributed by atoms with Crippen LogP contribution in [0.4, 0.5) is 0 Å². The Morgan fingerprint density at radius 2 is 0.768 bits per heavy atom. The van der Waals surface area contributed by atoms with Gasteiger partial charge in [-0.1, -0.05) is 62.4 Å². The van der Waals surface area contributed by atoms with E-state index in [0.717, 1.165) is 11.1 Å². The van der Waals surface area contributed by atoms with E-state index in [9.17, 15) is 28.8 Å². The number of aromatic nitrogens is 2. The summed E-state index contributed by atoms with van der Waals surface area (Å²) in [6.07, 6.45) is 0.631. The van der Waals surface area contributed by atoms with Crippen molar-refractivity contribution < 1.29 is 47.7 Å². The number of hydrogen-bond acceptors (Lipinski definition) is 12. The van der Waals surface area contributed by atoms with Crippen LogP contribution in [-0.4, -0.2) is 73.9 Å². The standard InChI is InChI=1S/C44H44N2O10/c1-9-29-31-19-43(39(49)53-5,40(50)54-6)21-33(31)37(45-35(29)27-15-11-25(12-16-27)23(3)47)38-34-22-44(41(51)55-7,42(52)56-8)20-32(34)30(10-2)36(46-38)28-17-13-26(14-18-28)24(4)48/h11-18H,9-10,19-22H2,1-8H3. The summed E-state index contributed by atoms with van der Waals surface area (Å²) in [4.78, 5) is 89.8. The molecule has 0 radical (unpaired) electrons. The van der Waals surface area contributed by atoms with Crippen molar-refractivity contribution in [2.45, 2.75) is 66.2 Å². The SMILES string of the molecule is CCc1c(-c2ccc(C(C)=O)cc2)nc(-c2nc(-c3ccc(C(C)=O)cc3)c(CC)c3c2CC(C(=O)OC)(C(=O)OC)C3)c2c1CC(C(=O)OC)(C(=O)OC)C2. The average molecular weight is 761 g/mol. The molecule has 0 N–H and O–H groups in total. The summed E-state index contributed by atoms with van der Waals surface area (Å²) in [5, 5.41) is 0. The van der Waals surface area contributed by atoms with Crippen LogP contribution in [0.5, 0.6) is 0 Å². The summed E-state index contributed by atoms with van der Waals surface area (Å²) in [7, 11) is 4.88. The van der Waals surface area contributed by atoms with Crippen molar-refractivity contribution in [1.29, 1.82) is 0 Å². The number of carbonyl (C=O) groups is 6. The number of hydrogen-bond donors (Lipinski definition) is 0. The fraction of sp³-hybridized carbons (Fsp3) is 0.364. The lowest BCUT2D eigenvalue weighted by molar-refractivity contribution is -0.170. The van der Waals surface area contributed by atoms with Crippen LogP contribution >= 0.6 is 0 Å². The molecule has 2 aliphatic rings. The molecule has 4 aromatic rings. The molecule has 0 aliphatic heterocycles. The van der Waals surface area contributed by atoms with Crippen molar-refractivity contribution >= 4 is 35.4 Å². The summed E-state index contributed by atoms with van der Waals surface area (Å²) >= 11 is 0. The molecule has 2 aromatic carbocycles. The molecular weight excluding hydrogens is 716 g/mol. The average Bonchev–Trinajstić information content (AvgIpc) is 3.83. The number of benzene rings is 2. The highest BCUT2D eigenvalue weighted by Crippen LogP contribution is 2.51. The first-order valence-electron chi connectivity index (χ1n) is 18.4. The molecule has 2 aromatic heterocycles. The zero-order valence-electron chi connectivity index (χ0n) is 32.8. The summed E-state index contributed by atoms with van der Waals surface area (Å²) in [5.74, 6) is -3.25. The molecule has 12 nitrogen and oxygen atoms in total. The number of rotatable bonds is 11. The fourth-order valence-corrected chi connectivity index (χ4v) is 8.45. The molecule has 0 saturated carbocycles. The Morgan fingerprint density at radius 1 is 0.482 bits per heavy atom. The van der Waals surface area contributed by atoms with Crippen LogP contribution in [0.3, 0.4) is 0 Å². The second-order valence-corrected chi connectivity index (χ2v) is 14.3. The molecule has 0 fully saturated rings. The van der Waals surface area contributed by atoms with Gasteiger partial charge in [0.05, 0.1) is 51.2 Å². The van der Waals surface area contributed by atoms with Crippen molar-refractivity contribution in [1.82, 2.24) is 9.97 Å². The molecule has 2 aliphatic carbocycles. The highest BCUT2D eigenvalue weighted by atomic mass is 16.6. The number of ether oxygens (including phenoxy) is 4. The largest absolute Gasteiger partial charge is 0.468 e. The Balaban J connectivity index is 1.75. The second kappa shape index (κ2) is 15.2. The van der Waals surface area contributed by atoms with E-state index in [1.54, 1.807) is 48.5 Å². The third-order valence-electron chi connectivity index (χ3n) is 11.3. The van der Waals surface area contributed by atoms with Gasteiger partial charge in [-0.3, -0.25) is 28.8 Å². The number of methoxy groups -OCH3 is 4. The number of esters is 4. The van der Waals surface area contributed by atoms with E-state index < -0.39 is 34.7 Å². The molecule has 0 bridgehead atoms. The Morgan fingerprint density at radius 3 is 1.02 bits per heavy atom. The lowest BCUT2D eigenvalue weighted by Crippen LogP contribution is -2.42. The second-order valence-electron chi connectivity index (χ2n) is 14.3. The topological polar surface area (TPSA) is 165 Å². The minimum Gasteiger partial charge on any atom is -0.468 e. The molecule has 0 spiro atoms. The van der Waals surface area contributed by atoms with Gasteiger partial charge < -0.3 is 18.9 Å². The summed E-state index contributed by atoms with van der Waals surface area (Å²) in [6.45, 7) is 6.88. The molecule has 56 heavy (non-hydrogen) atoms. The fourth-order valence-electron chi connectivity index (χ4n) is 8.45. The maximum absolute atomic E-state index is 13.7. The molecule has 0 unspecified atom stereocenters. The maximum Gasteiger partial charge on any atom is 0.323 e. The van der Waals surface area contributed by atoms with E-state index in [1.165, 1.54) is 42.3 Å². The van der Waals surface area contributed by atoms with Crippen molar-refractivity contribution in [3.63, 3.8) is 0 Å². The summed E-state index contributed by atoms with van der Waals surface area (Å²) in [5.41, 5.74) is 4.86. The first kappa shape index (κ1) is 39.6. The highest BCUT2D eigenvalue weighted by molar-refractivity contribution is 6.04. The van der Waals surface area contributed by atoms with E-state index in [-0.39, 0.29) is 37.2 Å². The van der Waals surface area contributed by atoms with Crippen LogP contribution in [0.25, 0.3) is 33.9 Å². The molecule has 6 rings (SSSR count). The van der Waals surface area contributed by atoms with Gasteiger partial charge in [-0.05, 0) is 60.1 Å². The summed E-state index contributed by atoms with van der Waals surface area (Å²) < 4.78 is 21.0. The first-order valence-corrected chi connectivity index (χ1v) is 18.4. The Hall–Kier alpha value is -6.04. The third-order valence-corrected chi connectivity index (χ3v) is 11.3. The van der Waals surface area contributed by atoms with Crippen LogP contribution in [0, 0.1) is 10.8 Å². The third kappa shape index (κ3) is 6.26. The molecule has 0 atom stereocenters. The van der Waals surface area contributed by atoms with Crippen molar-refractivity contribution in [3.8, 4) is 33.9 Å². The Bertz CT molecular complexity index is 2110. The maximum atomic E-state index is 13.7. The van der Waals surface area contributed by atoms with Gasteiger partial charge in [0.15, 0.2) is 22.4 Å². The van der Waals surface area contributed by atoms with Crippen molar-refractivity contribution in [2.75, 3.05) is 28.4 Å². The Kier molecular flexibility index (Phi) is 10.8. The van der Waals surface area contributed by atoms with Gasteiger partial charge in [0.25, 0.3) is 0 Å². The monoisotopic (exact) mass is 760 g/mol. The molecule has 290 valence electrons. The predicted octanol–water partition coefficient (Wildman–Crippen LogP) is 5.87. The number of Topliss-reactive ketones (excluding diaryl/α,β-unsaturated/α-hetero) is 2. The molecule has 2 heterocycles. The number of pyridine rings is 2. The van der Waals surface area contributed by atoms with E-state index in [4.69, 9.17) is 28.9 Å². The molecule has 0 amide bonds. The van der Waals surface area contributed by atoms with Gasteiger partial charge in [-0.25, -0.2) is 9.97 Å². The van der Waals surface area contributed by atoms with Gasteiger partial charge >= 0.3 is 23.9 Å². The first-order chi connectivity index (χ1) is 26.7. The lowest BCUT2D eigenvalue weighted by Gasteiger charge is -2.23. The quantitative estimate of drug-likeness (QED) is 0.0774. The van der Waals surface area contributed by atoms with Crippen LogP contribution in [-0.2, 0) is 76.7 Å². The van der Waals surface area contributed by atoms with Gasteiger partial charge in [-0.2, -0.15) is 0 Å². The minimum absolute atomic E-state index is 0.0399. The van der Waals surface area contributed by atoms with Crippen LogP contribution in [0.15, 0.2) is 48.5 Å². The zero-order chi connectivity index (χ0) is 40.7. The van der Waals surface area contributed by atoms with Gasteiger partial charge in [0, 0.05) is 47.9 Å².